The Morgan fingerprint density at radius 2 is 1.85 bits per heavy atom. The van der Waals surface area contributed by atoms with Gasteiger partial charge in [0.1, 0.15) is 0 Å². The number of rotatable bonds is 5. The molecule has 0 radical (unpaired) electrons. The molecule has 0 N–H and O–H groups in total. The predicted octanol–water partition coefficient (Wildman–Crippen LogP) is 4.33. The van der Waals surface area contributed by atoms with Crippen LogP contribution in [0.5, 0.6) is 0 Å². The van der Waals surface area contributed by atoms with Gasteiger partial charge in [-0.25, -0.2) is 8.42 Å². The van der Waals surface area contributed by atoms with Gasteiger partial charge in [0.25, 0.3) is 0 Å². The first-order chi connectivity index (χ1) is 9.23. The van der Waals surface area contributed by atoms with Crippen molar-refractivity contribution in [2.24, 2.45) is 5.92 Å². The first kappa shape index (κ1) is 16.5. The first-order valence-electron chi connectivity index (χ1n) is 6.71. The monoisotopic (exact) mass is 423 g/mol. The van der Waals surface area contributed by atoms with Crippen molar-refractivity contribution in [3.05, 3.63) is 26.6 Å². The highest BCUT2D eigenvalue weighted by molar-refractivity contribution is 9.11. The van der Waals surface area contributed by atoms with Crippen molar-refractivity contribution in [3.8, 4) is 0 Å². The molecule has 1 aromatic carbocycles. The highest BCUT2D eigenvalue weighted by Gasteiger charge is 2.34. The minimum absolute atomic E-state index is 0.0346. The van der Waals surface area contributed by atoms with Gasteiger partial charge in [-0.05, 0) is 73.2 Å². The summed E-state index contributed by atoms with van der Waals surface area (Å²) in [5.41, 5.74) is 1.01. The summed E-state index contributed by atoms with van der Waals surface area (Å²) >= 11 is 6.81. The molecule has 1 fully saturated rings. The lowest BCUT2D eigenvalue weighted by atomic mass is 10.2. The lowest BCUT2D eigenvalue weighted by Gasteiger charge is -2.26. The lowest BCUT2D eigenvalue weighted by molar-refractivity contribution is 0.341. The second-order valence-corrected chi connectivity index (χ2v) is 9.21. The van der Waals surface area contributed by atoms with E-state index in [1.807, 2.05) is 26.8 Å². The third-order valence-electron chi connectivity index (χ3n) is 3.51. The Labute approximate surface area is 138 Å². The van der Waals surface area contributed by atoms with Gasteiger partial charge in [0.15, 0.2) is 0 Å². The molecule has 0 heterocycles. The molecule has 20 heavy (non-hydrogen) atoms. The van der Waals surface area contributed by atoms with Gasteiger partial charge in [-0.2, -0.15) is 4.31 Å². The number of benzene rings is 1. The van der Waals surface area contributed by atoms with E-state index in [9.17, 15) is 8.42 Å². The summed E-state index contributed by atoms with van der Waals surface area (Å²) in [6.45, 7) is 6.42. The van der Waals surface area contributed by atoms with Crippen LogP contribution >= 0.6 is 31.9 Å². The minimum Gasteiger partial charge on any atom is -0.207 e. The Morgan fingerprint density at radius 1 is 1.25 bits per heavy atom. The van der Waals surface area contributed by atoms with Crippen LogP contribution in [0.25, 0.3) is 0 Å². The molecule has 0 spiro atoms. The topological polar surface area (TPSA) is 37.4 Å². The van der Waals surface area contributed by atoms with Gasteiger partial charge < -0.3 is 0 Å². The number of halogens is 2. The van der Waals surface area contributed by atoms with Gasteiger partial charge >= 0.3 is 0 Å². The van der Waals surface area contributed by atoms with E-state index in [1.54, 1.807) is 10.4 Å². The molecule has 0 unspecified atom stereocenters. The van der Waals surface area contributed by atoms with Crippen molar-refractivity contribution >= 4 is 41.9 Å². The molecule has 0 atom stereocenters. The van der Waals surface area contributed by atoms with Crippen LogP contribution in [0.15, 0.2) is 26.0 Å². The van der Waals surface area contributed by atoms with Crippen LogP contribution in [0.4, 0.5) is 0 Å². The molecule has 0 bridgehead atoms. The molecular formula is C14H19Br2NO2S. The third-order valence-corrected chi connectivity index (χ3v) is 7.37. The maximum absolute atomic E-state index is 12.9. The quantitative estimate of drug-likeness (QED) is 0.705. The van der Waals surface area contributed by atoms with Crippen LogP contribution in [0.2, 0.25) is 0 Å². The molecule has 0 aliphatic heterocycles. The zero-order chi connectivity index (χ0) is 15.1. The second kappa shape index (κ2) is 6.07. The molecule has 112 valence electrons. The van der Waals surface area contributed by atoms with E-state index in [0.717, 1.165) is 22.9 Å². The van der Waals surface area contributed by atoms with Gasteiger partial charge in [-0.3, -0.25) is 0 Å². The molecule has 1 aromatic rings. The maximum Gasteiger partial charge on any atom is 0.244 e. The van der Waals surface area contributed by atoms with E-state index in [0.29, 0.717) is 21.8 Å². The van der Waals surface area contributed by atoms with E-state index >= 15 is 0 Å². The Balaban J connectivity index is 2.44. The van der Waals surface area contributed by atoms with E-state index in [4.69, 9.17) is 0 Å². The van der Waals surface area contributed by atoms with Crippen molar-refractivity contribution in [3.63, 3.8) is 0 Å². The maximum atomic E-state index is 12.9. The van der Waals surface area contributed by atoms with Crippen molar-refractivity contribution < 1.29 is 8.42 Å². The van der Waals surface area contributed by atoms with Gasteiger partial charge in [-0.1, -0.05) is 15.9 Å². The smallest absolute Gasteiger partial charge is 0.207 e. The molecule has 0 aromatic heterocycles. The zero-order valence-electron chi connectivity index (χ0n) is 11.9. The van der Waals surface area contributed by atoms with Crippen LogP contribution in [-0.4, -0.2) is 25.3 Å². The van der Waals surface area contributed by atoms with Crippen LogP contribution in [0, 0.1) is 12.8 Å². The highest BCUT2D eigenvalue weighted by Crippen LogP contribution is 2.35. The van der Waals surface area contributed by atoms with Gasteiger partial charge in [0.05, 0.1) is 4.90 Å². The summed E-state index contributed by atoms with van der Waals surface area (Å²) in [5, 5.41) is 0. The number of sulfonamides is 1. The molecule has 0 saturated heterocycles. The first-order valence-corrected chi connectivity index (χ1v) is 9.73. The second-order valence-electron chi connectivity index (χ2n) is 5.64. The molecular weight excluding hydrogens is 406 g/mol. The number of nitrogens with zero attached hydrogens (tertiary/aromatic N) is 1. The van der Waals surface area contributed by atoms with Gasteiger partial charge in [-0.15, -0.1) is 0 Å². The summed E-state index contributed by atoms with van der Waals surface area (Å²) in [5.74, 6) is 0.528. The summed E-state index contributed by atoms with van der Waals surface area (Å²) in [6, 6.07) is 3.50. The molecule has 1 aliphatic carbocycles. The molecule has 3 nitrogen and oxygen atoms in total. The number of hydrogen-bond donors (Lipinski definition) is 0. The van der Waals surface area contributed by atoms with Gasteiger partial charge in [0, 0.05) is 21.5 Å². The fourth-order valence-corrected chi connectivity index (χ4v) is 5.45. The average Bonchev–Trinajstić information content (AvgIpc) is 3.13. The standard InChI is InChI=1S/C14H19Br2NO2S/c1-9(2)17(8-11-4-5-11)20(18,19)14-7-12(15)10(3)6-13(14)16/h6-7,9,11H,4-5,8H2,1-3H3. The minimum atomic E-state index is -3.47. The van der Waals surface area contributed by atoms with Crippen LogP contribution in [0.3, 0.4) is 0 Å². The van der Waals surface area contributed by atoms with E-state index < -0.39 is 10.0 Å². The lowest BCUT2D eigenvalue weighted by Crippen LogP contribution is -2.38. The summed E-state index contributed by atoms with van der Waals surface area (Å²) in [6.07, 6.45) is 2.27. The van der Waals surface area contributed by atoms with E-state index in [1.165, 1.54) is 0 Å². The number of aryl methyl sites for hydroxylation is 1. The van der Waals surface area contributed by atoms with Gasteiger partial charge in [0.2, 0.25) is 10.0 Å². The van der Waals surface area contributed by atoms with E-state index in [2.05, 4.69) is 31.9 Å². The fraction of sp³-hybridized carbons (Fsp3) is 0.571. The third kappa shape index (κ3) is 3.46. The van der Waals surface area contributed by atoms with E-state index in [-0.39, 0.29) is 6.04 Å². The SMILES string of the molecule is Cc1cc(Br)c(S(=O)(=O)N(CC2CC2)C(C)C)cc1Br. The number of hydrogen-bond acceptors (Lipinski definition) is 2. The van der Waals surface area contributed by atoms with Crippen molar-refractivity contribution in [1.29, 1.82) is 0 Å². The summed E-state index contributed by atoms with van der Waals surface area (Å²) in [4.78, 5) is 0.337. The molecule has 6 heteroatoms. The van der Waals surface area contributed by atoms with Crippen molar-refractivity contribution in [1.82, 2.24) is 4.31 Å². The highest BCUT2D eigenvalue weighted by atomic mass is 79.9. The molecule has 1 saturated carbocycles. The Morgan fingerprint density at radius 3 is 2.35 bits per heavy atom. The summed E-state index contributed by atoms with van der Waals surface area (Å²) < 4.78 is 28.8. The van der Waals surface area contributed by atoms with Crippen molar-refractivity contribution in [2.45, 2.75) is 44.6 Å². The van der Waals surface area contributed by atoms with Crippen molar-refractivity contribution in [2.75, 3.05) is 6.54 Å². The van der Waals surface area contributed by atoms with Crippen LogP contribution in [0.1, 0.15) is 32.3 Å². The summed E-state index contributed by atoms with van der Waals surface area (Å²) in [7, 11) is -3.47. The molecule has 0 amide bonds. The largest absolute Gasteiger partial charge is 0.244 e. The zero-order valence-corrected chi connectivity index (χ0v) is 15.8. The van der Waals surface area contributed by atoms with Crippen LogP contribution in [-0.2, 0) is 10.0 Å². The molecule has 1 aliphatic rings. The predicted molar refractivity (Wildman–Crippen MR) is 88.3 cm³/mol. The van der Waals surface area contributed by atoms with Crippen LogP contribution < -0.4 is 0 Å². The average molecular weight is 425 g/mol. The normalized spacial score (nSPS) is 16.1. The fourth-order valence-electron chi connectivity index (χ4n) is 2.09. The molecule has 2 rings (SSSR count). The Hall–Kier alpha value is 0.0900. The Kier molecular flexibility index (Phi) is 4.99. The Bertz CT molecular complexity index is 610.